The van der Waals surface area contributed by atoms with Gasteiger partial charge in [-0.3, -0.25) is 23.9 Å². The Balaban J connectivity index is 2.07. The van der Waals surface area contributed by atoms with Gasteiger partial charge in [-0.15, -0.1) is 0 Å². The van der Waals surface area contributed by atoms with Gasteiger partial charge in [0.15, 0.2) is 11.5 Å². The summed E-state index contributed by atoms with van der Waals surface area (Å²) in [6, 6.07) is 4.18. The Bertz CT molecular complexity index is 1180. The number of esters is 1. The van der Waals surface area contributed by atoms with Crippen LogP contribution in [0.15, 0.2) is 32.9 Å². The Labute approximate surface area is 170 Å². The molecule has 0 unspecified atom stereocenters. The zero-order valence-corrected chi connectivity index (χ0v) is 16.8. The van der Waals surface area contributed by atoms with Crippen molar-refractivity contribution in [2.75, 3.05) is 7.11 Å². The van der Waals surface area contributed by atoms with Gasteiger partial charge < -0.3 is 14.6 Å². The number of hydrogen-bond donors (Lipinski definition) is 2. The third-order valence-corrected chi connectivity index (χ3v) is 4.64. The van der Waals surface area contributed by atoms with Crippen molar-refractivity contribution in [2.24, 2.45) is 12.1 Å². The number of aromatic nitrogens is 2. The third kappa shape index (κ3) is 3.69. The molecule has 0 fully saturated rings. The lowest BCUT2D eigenvalue weighted by atomic mass is 9.98. The summed E-state index contributed by atoms with van der Waals surface area (Å²) >= 11 is 0. The summed E-state index contributed by atoms with van der Waals surface area (Å²) < 4.78 is 11.2. The van der Waals surface area contributed by atoms with Gasteiger partial charge in [0.05, 0.1) is 18.9 Å². The molecule has 0 spiro atoms. The molecule has 11 heteroatoms. The first-order chi connectivity index (χ1) is 14.1. The summed E-state index contributed by atoms with van der Waals surface area (Å²) in [5.41, 5.74) is -1.08. The monoisotopic (exact) mass is 416 g/mol. The number of rotatable bonds is 4. The summed E-state index contributed by atoms with van der Waals surface area (Å²) in [7, 11) is 2.72. The predicted molar refractivity (Wildman–Crippen MR) is 105 cm³/mol. The maximum atomic E-state index is 12.3. The van der Waals surface area contributed by atoms with Crippen LogP contribution in [-0.2, 0) is 16.6 Å². The zero-order chi connectivity index (χ0) is 22.2. The molecule has 1 aromatic carbocycles. The van der Waals surface area contributed by atoms with Crippen LogP contribution in [0.25, 0.3) is 0 Å². The van der Waals surface area contributed by atoms with Gasteiger partial charge in [-0.2, -0.15) is 5.10 Å². The van der Waals surface area contributed by atoms with E-state index in [9.17, 15) is 24.3 Å². The number of hydrazone groups is 1. The molecule has 11 nitrogen and oxygen atoms in total. The van der Waals surface area contributed by atoms with Crippen LogP contribution in [0.3, 0.4) is 0 Å². The number of nitrogens with one attached hydrogen (secondary N) is 1. The molecule has 1 aliphatic rings. The van der Waals surface area contributed by atoms with E-state index in [0.717, 1.165) is 4.57 Å². The highest BCUT2D eigenvalue weighted by Gasteiger charge is 2.34. The molecule has 0 bridgehead atoms. The largest absolute Gasteiger partial charge is 0.494 e. The molecule has 1 atom stereocenters. The molecule has 2 aromatic rings. The Morgan fingerprint density at radius 1 is 1.23 bits per heavy atom. The van der Waals surface area contributed by atoms with E-state index in [-0.39, 0.29) is 23.4 Å². The van der Waals surface area contributed by atoms with Crippen molar-refractivity contribution in [2.45, 2.75) is 26.3 Å². The summed E-state index contributed by atoms with van der Waals surface area (Å²) in [6.45, 7) is 2.56. The maximum absolute atomic E-state index is 12.3. The lowest BCUT2D eigenvalue weighted by Gasteiger charge is -2.21. The average Bonchev–Trinajstić information content (AvgIpc) is 3.11. The van der Waals surface area contributed by atoms with Crippen LogP contribution in [0.2, 0.25) is 0 Å². The second-order valence-corrected chi connectivity index (χ2v) is 6.65. The number of benzene rings is 1. The van der Waals surface area contributed by atoms with Crippen molar-refractivity contribution in [1.29, 1.82) is 0 Å². The van der Waals surface area contributed by atoms with E-state index in [0.29, 0.717) is 11.3 Å². The smallest absolute Gasteiger partial charge is 0.330 e. The van der Waals surface area contributed by atoms with Crippen molar-refractivity contribution < 1.29 is 24.2 Å². The van der Waals surface area contributed by atoms with Crippen LogP contribution in [-0.4, -0.2) is 44.4 Å². The number of methoxy groups -OCH3 is 1. The van der Waals surface area contributed by atoms with Gasteiger partial charge in [-0.1, -0.05) is 6.07 Å². The van der Waals surface area contributed by atoms with Gasteiger partial charge in [0.1, 0.15) is 5.56 Å². The van der Waals surface area contributed by atoms with Crippen molar-refractivity contribution in [3.8, 4) is 17.4 Å². The molecule has 0 saturated heterocycles. The van der Waals surface area contributed by atoms with Crippen LogP contribution >= 0.6 is 0 Å². The highest BCUT2D eigenvalue weighted by Crippen LogP contribution is 2.37. The minimum atomic E-state index is -0.811. The summed E-state index contributed by atoms with van der Waals surface area (Å²) in [4.78, 5) is 49.6. The molecule has 0 aliphatic carbocycles. The number of aromatic amines is 1. The van der Waals surface area contributed by atoms with E-state index in [1.54, 1.807) is 18.2 Å². The quantitative estimate of drug-likeness (QED) is 0.543. The van der Waals surface area contributed by atoms with Crippen LogP contribution in [0.5, 0.6) is 17.4 Å². The van der Waals surface area contributed by atoms with Gasteiger partial charge in [0.2, 0.25) is 11.8 Å². The third-order valence-electron chi connectivity index (χ3n) is 4.64. The number of H-pyrrole nitrogens is 1. The highest BCUT2D eigenvalue weighted by atomic mass is 16.6. The van der Waals surface area contributed by atoms with Crippen LogP contribution in [0, 0.1) is 0 Å². The fourth-order valence-electron chi connectivity index (χ4n) is 3.22. The number of carbonyl (C=O) groups excluding carboxylic acids is 2. The normalized spacial score (nSPS) is 15.7. The lowest BCUT2D eigenvalue weighted by molar-refractivity contribution is -0.132. The average molecular weight is 416 g/mol. The molecular formula is C19H20N4O7. The lowest BCUT2D eigenvalue weighted by Crippen LogP contribution is -2.32. The van der Waals surface area contributed by atoms with Gasteiger partial charge in [-0.05, 0) is 17.7 Å². The molecule has 0 saturated carbocycles. The molecular weight excluding hydrogens is 396 g/mol. The number of carbonyl (C=O) groups is 2. The predicted octanol–water partition coefficient (Wildman–Crippen LogP) is 0.411. The number of amides is 1. The maximum Gasteiger partial charge on any atom is 0.330 e. The van der Waals surface area contributed by atoms with Crippen LogP contribution in [0.1, 0.15) is 37.4 Å². The molecule has 2 heterocycles. The van der Waals surface area contributed by atoms with Gasteiger partial charge in [0, 0.05) is 27.3 Å². The van der Waals surface area contributed by atoms with E-state index in [4.69, 9.17) is 9.47 Å². The first-order valence-corrected chi connectivity index (χ1v) is 8.90. The Kier molecular flexibility index (Phi) is 5.45. The highest BCUT2D eigenvalue weighted by molar-refractivity contribution is 6.04. The second kappa shape index (κ2) is 7.85. The zero-order valence-electron chi connectivity index (χ0n) is 16.8. The first-order valence-electron chi connectivity index (χ1n) is 8.90. The molecule has 30 heavy (non-hydrogen) atoms. The summed E-state index contributed by atoms with van der Waals surface area (Å²) in [5, 5.41) is 15.7. The summed E-state index contributed by atoms with van der Waals surface area (Å²) in [5.74, 6) is -1.00. The van der Waals surface area contributed by atoms with Crippen molar-refractivity contribution in [3.63, 3.8) is 0 Å². The minimum absolute atomic E-state index is 0.0836. The van der Waals surface area contributed by atoms with E-state index < -0.39 is 35.0 Å². The molecule has 158 valence electrons. The molecule has 0 radical (unpaired) electrons. The topological polar surface area (TPSA) is 143 Å². The molecule has 1 amide bonds. The van der Waals surface area contributed by atoms with Crippen molar-refractivity contribution in [1.82, 2.24) is 14.6 Å². The Hall–Kier alpha value is -3.89. The van der Waals surface area contributed by atoms with Gasteiger partial charge in [0.25, 0.3) is 5.56 Å². The van der Waals surface area contributed by atoms with E-state index >= 15 is 0 Å². The standard InChI is InChI=1S/C19H20N4O7/c1-9(24)23-13(11-5-6-14(29-4)15(7-11)30-10(2)25)8-12(21-23)16-17(26)20-19(28)22(3)18(16)27/h5-7,13,27H,8H2,1-4H3,(H,20,26,28)/t13-/m0/s1. The molecule has 1 aromatic heterocycles. The fraction of sp³-hybridized carbons (Fsp3) is 0.316. The Morgan fingerprint density at radius 3 is 2.53 bits per heavy atom. The van der Waals surface area contributed by atoms with E-state index in [1.807, 2.05) is 0 Å². The van der Waals surface area contributed by atoms with Crippen LogP contribution in [0.4, 0.5) is 0 Å². The number of nitrogens with zero attached hydrogens (tertiary/aromatic N) is 3. The second-order valence-electron chi connectivity index (χ2n) is 6.65. The van der Waals surface area contributed by atoms with Gasteiger partial charge in [-0.25, -0.2) is 9.80 Å². The molecule has 3 rings (SSSR count). The fourth-order valence-corrected chi connectivity index (χ4v) is 3.22. The van der Waals surface area contributed by atoms with Crippen molar-refractivity contribution in [3.05, 3.63) is 50.2 Å². The number of aromatic hydroxyl groups is 1. The molecule has 1 aliphatic heterocycles. The first kappa shape index (κ1) is 20.8. The number of ether oxygens (including phenoxy) is 2. The van der Waals surface area contributed by atoms with Crippen molar-refractivity contribution >= 4 is 17.6 Å². The van der Waals surface area contributed by atoms with E-state index in [2.05, 4.69) is 10.1 Å². The number of hydrogen-bond acceptors (Lipinski definition) is 8. The molecule has 2 N–H and O–H groups in total. The van der Waals surface area contributed by atoms with Crippen LogP contribution < -0.4 is 20.7 Å². The SMILES string of the molecule is COc1ccc([C@@H]2CC(c3c(O)n(C)c(=O)[nH]c3=O)=NN2C(C)=O)cc1OC(C)=O. The summed E-state index contributed by atoms with van der Waals surface area (Å²) in [6.07, 6.45) is 0.0836. The van der Waals surface area contributed by atoms with Gasteiger partial charge >= 0.3 is 11.7 Å². The van der Waals surface area contributed by atoms with E-state index in [1.165, 1.54) is 33.0 Å². The minimum Gasteiger partial charge on any atom is -0.494 e. The Morgan fingerprint density at radius 2 is 1.93 bits per heavy atom.